The number of rotatable bonds is 4. The SMILES string of the molecule is CC(c1nc2cc(Cl)c(Cl)cc2[nH]1)N1C(=O)NC(CC2CCCOC2)C1=O. The number of nitrogens with one attached hydrogen (secondary N) is 2. The molecule has 2 saturated heterocycles. The molecule has 3 unspecified atom stereocenters. The predicted molar refractivity (Wildman–Crippen MR) is 102 cm³/mol. The Balaban J connectivity index is 1.53. The average molecular weight is 411 g/mol. The van der Waals surface area contributed by atoms with Crippen LogP contribution in [0.5, 0.6) is 0 Å². The maximum Gasteiger partial charge on any atom is 0.325 e. The van der Waals surface area contributed by atoms with Gasteiger partial charge in [0.1, 0.15) is 11.9 Å². The highest BCUT2D eigenvalue weighted by molar-refractivity contribution is 6.42. The van der Waals surface area contributed by atoms with Crippen molar-refractivity contribution in [2.75, 3.05) is 13.2 Å². The van der Waals surface area contributed by atoms with Crippen LogP contribution in [-0.2, 0) is 9.53 Å². The largest absolute Gasteiger partial charge is 0.381 e. The first-order valence-electron chi connectivity index (χ1n) is 9.00. The van der Waals surface area contributed by atoms with Gasteiger partial charge in [-0.3, -0.25) is 9.69 Å². The van der Waals surface area contributed by atoms with Gasteiger partial charge in [-0.25, -0.2) is 9.78 Å². The molecule has 1 aromatic heterocycles. The van der Waals surface area contributed by atoms with Gasteiger partial charge in [0.15, 0.2) is 0 Å². The molecule has 9 heteroatoms. The zero-order valence-electron chi connectivity index (χ0n) is 14.8. The molecule has 1 aromatic carbocycles. The van der Waals surface area contributed by atoms with Gasteiger partial charge < -0.3 is 15.0 Å². The molecule has 3 heterocycles. The number of amides is 3. The third kappa shape index (κ3) is 3.51. The van der Waals surface area contributed by atoms with Crippen molar-refractivity contribution < 1.29 is 14.3 Å². The molecule has 2 N–H and O–H groups in total. The summed E-state index contributed by atoms with van der Waals surface area (Å²) in [5.74, 6) is 0.571. The van der Waals surface area contributed by atoms with Gasteiger partial charge in [-0.2, -0.15) is 0 Å². The van der Waals surface area contributed by atoms with Crippen LogP contribution in [0, 0.1) is 5.92 Å². The van der Waals surface area contributed by atoms with E-state index in [1.165, 1.54) is 4.90 Å². The van der Waals surface area contributed by atoms with Crippen molar-refractivity contribution in [3.05, 3.63) is 28.0 Å². The number of hydrogen-bond acceptors (Lipinski definition) is 4. The standard InChI is InChI=1S/C18H20Cl2N4O3/c1-9(16-21-13-6-11(19)12(20)7-14(13)22-16)24-17(25)15(23-18(24)26)5-10-3-2-4-27-8-10/h6-7,9-10,15H,2-5,8H2,1H3,(H,21,22)(H,23,26). The van der Waals surface area contributed by atoms with Crippen LogP contribution in [0.1, 0.15) is 38.1 Å². The number of urea groups is 1. The highest BCUT2D eigenvalue weighted by Crippen LogP contribution is 2.30. The van der Waals surface area contributed by atoms with Crippen LogP contribution >= 0.6 is 23.2 Å². The summed E-state index contributed by atoms with van der Waals surface area (Å²) < 4.78 is 5.48. The second kappa shape index (κ2) is 7.30. The number of aromatic nitrogens is 2. The first-order chi connectivity index (χ1) is 12.9. The van der Waals surface area contributed by atoms with Gasteiger partial charge in [0.25, 0.3) is 5.91 Å². The summed E-state index contributed by atoms with van der Waals surface area (Å²) in [6.45, 7) is 3.18. The quantitative estimate of drug-likeness (QED) is 0.752. The second-order valence-electron chi connectivity index (χ2n) is 7.11. The lowest BCUT2D eigenvalue weighted by Gasteiger charge is -2.24. The fourth-order valence-corrected chi connectivity index (χ4v) is 4.07. The van der Waals surface area contributed by atoms with Crippen molar-refractivity contribution in [2.45, 2.75) is 38.3 Å². The Hall–Kier alpha value is -1.83. The first-order valence-corrected chi connectivity index (χ1v) is 9.75. The van der Waals surface area contributed by atoms with E-state index in [1.54, 1.807) is 19.1 Å². The lowest BCUT2D eigenvalue weighted by atomic mass is 9.94. The predicted octanol–water partition coefficient (Wildman–Crippen LogP) is 3.67. The minimum atomic E-state index is -0.532. The third-order valence-corrected chi connectivity index (χ3v) is 5.92. The van der Waals surface area contributed by atoms with Crippen LogP contribution in [0.3, 0.4) is 0 Å². The van der Waals surface area contributed by atoms with E-state index in [0.29, 0.717) is 45.8 Å². The summed E-state index contributed by atoms with van der Waals surface area (Å²) in [5.41, 5.74) is 1.34. The third-order valence-electron chi connectivity index (χ3n) is 5.20. The molecular formula is C18H20Cl2N4O3. The zero-order chi connectivity index (χ0) is 19.1. The van der Waals surface area contributed by atoms with Gasteiger partial charge in [-0.05, 0) is 44.2 Å². The molecule has 4 rings (SSSR count). The number of halogens is 2. The Bertz CT molecular complexity index is 855. The number of imide groups is 1. The van der Waals surface area contributed by atoms with Gasteiger partial charge in [0, 0.05) is 13.2 Å². The van der Waals surface area contributed by atoms with Gasteiger partial charge in [-0.15, -0.1) is 0 Å². The molecular weight excluding hydrogens is 391 g/mol. The summed E-state index contributed by atoms with van der Waals surface area (Å²) >= 11 is 12.1. The van der Waals surface area contributed by atoms with Crippen LogP contribution in [0.4, 0.5) is 4.79 Å². The smallest absolute Gasteiger partial charge is 0.325 e. The van der Waals surface area contributed by atoms with Gasteiger partial charge in [-0.1, -0.05) is 23.2 Å². The Labute approximate surface area is 166 Å². The molecule has 144 valence electrons. The van der Waals surface area contributed by atoms with E-state index in [2.05, 4.69) is 15.3 Å². The van der Waals surface area contributed by atoms with Crippen molar-refractivity contribution >= 4 is 46.2 Å². The molecule has 0 radical (unpaired) electrons. The fourth-order valence-electron chi connectivity index (χ4n) is 3.75. The molecule has 2 aromatic rings. The van der Waals surface area contributed by atoms with Crippen LogP contribution in [0.25, 0.3) is 11.0 Å². The maximum atomic E-state index is 12.8. The normalized spacial score (nSPS) is 24.5. The molecule has 0 bridgehead atoms. The molecule has 2 fully saturated rings. The Kier molecular flexibility index (Phi) is 5.01. The van der Waals surface area contributed by atoms with E-state index in [1.807, 2.05) is 0 Å². The molecule has 2 aliphatic heterocycles. The molecule has 0 spiro atoms. The molecule has 0 saturated carbocycles. The molecule has 0 aliphatic carbocycles. The topological polar surface area (TPSA) is 87.3 Å². The zero-order valence-corrected chi connectivity index (χ0v) is 16.3. The molecule has 3 amide bonds. The summed E-state index contributed by atoms with van der Waals surface area (Å²) in [6.07, 6.45) is 2.60. The maximum absolute atomic E-state index is 12.8. The molecule has 27 heavy (non-hydrogen) atoms. The Morgan fingerprint density at radius 2 is 2.11 bits per heavy atom. The summed E-state index contributed by atoms with van der Waals surface area (Å²) in [5, 5.41) is 3.62. The highest BCUT2D eigenvalue weighted by Gasteiger charge is 2.42. The van der Waals surface area contributed by atoms with Crippen molar-refractivity contribution in [1.82, 2.24) is 20.2 Å². The number of carbonyl (C=O) groups is 2. The molecule has 2 aliphatic rings. The number of benzene rings is 1. The minimum Gasteiger partial charge on any atom is -0.381 e. The average Bonchev–Trinajstić information content (AvgIpc) is 3.16. The van der Waals surface area contributed by atoms with E-state index >= 15 is 0 Å². The molecule has 7 nitrogen and oxygen atoms in total. The lowest BCUT2D eigenvalue weighted by molar-refractivity contribution is -0.129. The number of aromatic amines is 1. The number of nitrogens with zero attached hydrogens (tertiary/aromatic N) is 2. The van der Waals surface area contributed by atoms with Gasteiger partial charge in [0.2, 0.25) is 0 Å². The van der Waals surface area contributed by atoms with Crippen molar-refractivity contribution in [3.63, 3.8) is 0 Å². The van der Waals surface area contributed by atoms with Gasteiger partial charge in [0.05, 0.1) is 27.1 Å². The number of carbonyl (C=O) groups excluding carboxylic acids is 2. The second-order valence-corrected chi connectivity index (χ2v) is 7.93. The first kappa shape index (κ1) is 18.5. The van der Waals surface area contributed by atoms with E-state index < -0.39 is 18.1 Å². The lowest BCUT2D eigenvalue weighted by Crippen LogP contribution is -2.35. The number of imidazole rings is 1. The van der Waals surface area contributed by atoms with E-state index in [9.17, 15) is 9.59 Å². The Morgan fingerprint density at radius 3 is 2.85 bits per heavy atom. The Morgan fingerprint density at radius 1 is 1.33 bits per heavy atom. The van der Waals surface area contributed by atoms with Crippen LogP contribution < -0.4 is 5.32 Å². The van der Waals surface area contributed by atoms with Crippen molar-refractivity contribution in [3.8, 4) is 0 Å². The summed E-state index contributed by atoms with van der Waals surface area (Å²) in [7, 11) is 0. The van der Waals surface area contributed by atoms with E-state index in [-0.39, 0.29) is 5.91 Å². The van der Waals surface area contributed by atoms with E-state index in [4.69, 9.17) is 27.9 Å². The van der Waals surface area contributed by atoms with Crippen LogP contribution in [-0.4, -0.2) is 46.1 Å². The fraction of sp³-hybridized carbons (Fsp3) is 0.500. The number of ether oxygens (including phenoxy) is 1. The summed E-state index contributed by atoms with van der Waals surface area (Å²) in [4.78, 5) is 34.1. The molecule has 3 atom stereocenters. The summed E-state index contributed by atoms with van der Waals surface area (Å²) in [6, 6.07) is 1.89. The minimum absolute atomic E-state index is 0.227. The van der Waals surface area contributed by atoms with Crippen molar-refractivity contribution in [2.24, 2.45) is 5.92 Å². The number of fused-ring (bicyclic) bond motifs is 1. The van der Waals surface area contributed by atoms with E-state index in [0.717, 1.165) is 19.4 Å². The van der Waals surface area contributed by atoms with Crippen LogP contribution in [0.2, 0.25) is 10.0 Å². The number of H-pyrrole nitrogens is 1. The van der Waals surface area contributed by atoms with Crippen molar-refractivity contribution in [1.29, 1.82) is 0 Å². The number of hydrogen-bond donors (Lipinski definition) is 2. The highest BCUT2D eigenvalue weighted by atomic mass is 35.5. The van der Waals surface area contributed by atoms with Crippen LogP contribution in [0.15, 0.2) is 12.1 Å². The van der Waals surface area contributed by atoms with Gasteiger partial charge >= 0.3 is 6.03 Å². The monoisotopic (exact) mass is 410 g/mol.